The third kappa shape index (κ3) is 1.65. The summed E-state index contributed by atoms with van der Waals surface area (Å²) in [7, 11) is 1.59. The number of ether oxygens (including phenoxy) is 1. The van der Waals surface area contributed by atoms with E-state index in [0.29, 0.717) is 5.75 Å². The lowest BCUT2D eigenvalue weighted by molar-refractivity contribution is 0.0752. The summed E-state index contributed by atoms with van der Waals surface area (Å²) >= 11 is 0. The first-order chi connectivity index (χ1) is 7.43. The second-order valence-corrected chi connectivity index (χ2v) is 4.44. The highest BCUT2D eigenvalue weighted by atomic mass is 16.5. The van der Waals surface area contributed by atoms with Crippen LogP contribution in [-0.2, 0) is 5.60 Å². The monoisotopic (exact) mass is 220 g/mol. The normalized spacial score (nSPS) is 12.1. The number of pyridine rings is 1. The van der Waals surface area contributed by atoms with Crippen LogP contribution in [0.25, 0.3) is 5.65 Å². The molecule has 0 radical (unpaired) electrons. The Balaban J connectivity index is 2.75. The molecule has 0 atom stereocenters. The van der Waals surface area contributed by atoms with E-state index in [1.807, 2.05) is 23.6 Å². The Bertz CT molecular complexity index is 524. The van der Waals surface area contributed by atoms with Crippen molar-refractivity contribution in [3.05, 3.63) is 29.7 Å². The van der Waals surface area contributed by atoms with Gasteiger partial charge in [0, 0.05) is 29.7 Å². The minimum Gasteiger partial charge on any atom is -0.496 e. The number of methoxy groups -OCH3 is 1. The van der Waals surface area contributed by atoms with Gasteiger partial charge in [0.15, 0.2) is 0 Å². The van der Waals surface area contributed by atoms with Gasteiger partial charge in [-0.3, -0.25) is 0 Å². The minimum absolute atomic E-state index is 0.658. The van der Waals surface area contributed by atoms with Crippen molar-refractivity contribution in [2.75, 3.05) is 7.11 Å². The van der Waals surface area contributed by atoms with E-state index in [4.69, 9.17) is 4.74 Å². The zero-order valence-corrected chi connectivity index (χ0v) is 9.98. The fourth-order valence-corrected chi connectivity index (χ4v) is 1.76. The summed E-state index contributed by atoms with van der Waals surface area (Å²) in [6.07, 6.45) is 3.67. The zero-order chi connectivity index (χ0) is 11.9. The zero-order valence-electron chi connectivity index (χ0n) is 9.98. The number of nitrogens with zero attached hydrogens (tertiary/aromatic N) is 2. The van der Waals surface area contributed by atoms with Crippen molar-refractivity contribution in [3.8, 4) is 5.75 Å². The van der Waals surface area contributed by atoms with E-state index in [-0.39, 0.29) is 0 Å². The van der Waals surface area contributed by atoms with Gasteiger partial charge in [0.05, 0.1) is 12.7 Å². The Morgan fingerprint density at radius 3 is 2.69 bits per heavy atom. The van der Waals surface area contributed by atoms with Crippen LogP contribution in [0.2, 0.25) is 0 Å². The standard InChI is InChI=1S/C12H16N2O2/c1-8-6-13-11-5-10(16-4)9(7-14(8)11)12(2,3)15/h5-7,15H,1-4H3. The van der Waals surface area contributed by atoms with Gasteiger partial charge in [-0.2, -0.15) is 0 Å². The maximum Gasteiger partial charge on any atom is 0.140 e. The topological polar surface area (TPSA) is 46.8 Å². The van der Waals surface area contributed by atoms with Gasteiger partial charge < -0.3 is 14.2 Å². The lowest BCUT2D eigenvalue weighted by atomic mass is 9.99. The van der Waals surface area contributed by atoms with Crippen molar-refractivity contribution in [2.45, 2.75) is 26.4 Å². The number of imidazole rings is 1. The molecule has 0 aliphatic heterocycles. The molecule has 4 heteroatoms. The molecule has 1 N–H and O–H groups in total. The molecule has 2 aromatic rings. The highest BCUT2D eigenvalue weighted by Crippen LogP contribution is 2.30. The molecule has 0 saturated carbocycles. The van der Waals surface area contributed by atoms with Crippen LogP contribution < -0.4 is 4.74 Å². The predicted molar refractivity (Wildman–Crippen MR) is 61.7 cm³/mol. The van der Waals surface area contributed by atoms with Crippen molar-refractivity contribution < 1.29 is 9.84 Å². The summed E-state index contributed by atoms with van der Waals surface area (Å²) in [5.41, 5.74) is 1.67. The van der Waals surface area contributed by atoms with Gasteiger partial charge in [-0.05, 0) is 20.8 Å². The SMILES string of the molecule is COc1cc2ncc(C)n2cc1C(C)(C)O. The number of aliphatic hydroxyl groups is 1. The Morgan fingerprint density at radius 2 is 2.12 bits per heavy atom. The molecule has 0 unspecified atom stereocenters. The summed E-state index contributed by atoms with van der Waals surface area (Å²) in [4.78, 5) is 4.25. The average molecular weight is 220 g/mol. The van der Waals surface area contributed by atoms with Gasteiger partial charge in [0.2, 0.25) is 0 Å². The summed E-state index contributed by atoms with van der Waals surface area (Å²) < 4.78 is 7.22. The molecule has 0 aliphatic carbocycles. The molecule has 0 saturated heterocycles. The van der Waals surface area contributed by atoms with Crippen LogP contribution in [-0.4, -0.2) is 21.6 Å². The van der Waals surface area contributed by atoms with Crippen LogP contribution in [0.15, 0.2) is 18.5 Å². The molecule has 2 aromatic heterocycles. The largest absolute Gasteiger partial charge is 0.496 e. The summed E-state index contributed by atoms with van der Waals surface area (Å²) in [6.45, 7) is 5.45. The molecule has 4 nitrogen and oxygen atoms in total. The van der Waals surface area contributed by atoms with Gasteiger partial charge >= 0.3 is 0 Å². The number of rotatable bonds is 2. The van der Waals surface area contributed by atoms with Crippen LogP contribution in [0.3, 0.4) is 0 Å². The summed E-state index contributed by atoms with van der Waals surface area (Å²) in [5.74, 6) is 0.658. The smallest absolute Gasteiger partial charge is 0.140 e. The molecule has 0 bridgehead atoms. The molecular formula is C12H16N2O2. The quantitative estimate of drug-likeness (QED) is 0.840. The van der Waals surface area contributed by atoms with Crippen LogP contribution in [0.5, 0.6) is 5.75 Å². The van der Waals surface area contributed by atoms with E-state index in [9.17, 15) is 5.11 Å². The third-order valence-corrected chi connectivity index (χ3v) is 2.67. The van der Waals surface area contributed by atoms with Crippen LogP contribution in [0, 0.1) is 6.92 Å². The predicted octanol–water partition coefficient (Wildman–Crippen LogP) is 1.88. The molecule has 0 amide bonds. The van der Waals surface area contributed by atoms with E-state index in [1.165, 1.54) is 0 Å². The molecule has 2 heterocycles. The molecule has 0 fully saturated rings. The molecule has 0 spiro atoms. The highest BCUT2D eigenvalue weighted by molar-refractivity contribution is 5.51. The fourth-order valence-electron chi connectivity index (χ4n) is 1.76. The molecular weight excluding hydrogens is 204 g/mol. The second-order valence-electron chi connectivity index (χ2n) is 4.44. The van der Waals surface area contributed by atoms with Gasteiger partial charge in [-0.15, -0.1) is 0 Å². The number of aryl methyl sites for hydroxylation is 1. The van der Waals surface area contributed by atoms with Crippen LogP contribution >= 0.6 is 0 Å². The number of aromatic nitrogens is 2. The molecule has 2 rings (SSSR count). The van der Waals surface area contributed by atoms with Crippen molar-refractivity contribution in [2.24, 2.45) is 0 Å². The summed E-state index contributed by atoms with van der Waals surface area (Å²) in [5, 5.41) is 10.1. The second kappa shape index (κ2) is 3.49. The van der Waals surface area contributed by atoms with Gasteiger partial charge in [0.1, 0.15) is 11.4 Å². The van der Waals surface area contributed by atoms with Crippen molar-refractivity contribution in [3.63, 3.8) is 0 Å². The maximum absolute atomic E-state index is 10.1. The number of hydrogen-bond donors (Lipinski definition) is 1. The molecule has 16 heavy (non-hydrogen) atoms. The van der Waals surface area contributed by atoms with E-state index in [0.717, 1.165) is 16.9 Å². The lowest BCUT2D eigenvalue weighted by Crippen LogP contribution is -2.17. The maximum atomic E-state index is 10.1. The van der Waals surface area contributed by atoms with E-state index >= 15 is 0 Å². The molecule has 0 aromatic carbocycles. The lowest BCUT2D eigenvalue weighted by Gasteiger charge is -2.21. The van der Waals surface area contributed by atoms with Crippen molar-refractivity contribution >= 4 is 5.65 Å². The molecule has 0 aliphatic rings. The van der Waals surface area contributed by atoms with Gasteiger partial charge in [-0.1, -0.05) is 0 Å². The number of fused-ring (bicyclic) bond motifs is 1. The first-order valence-electron chi connectivity index (χ1n) is 5.18. The average Bonchev–Trinajstić information content (AvgIpc) is 2.57. The van der Waals surface area contributed by atoms with Crippen LogP contribution in [0.1, 0.15) is 25.1 Å². The first-order valence-corrected chi connectivity index (χ1v) is 5.18. The third-order valence-electron chi connectivity index (χ3n) is 2.67. The van der Waals surface area contributed by atoms with E-state index < -0.39 is 5.60 Å². The Morgan fingerprint density at radius 1 is 1.44 bits per heavy atom. The fraction of sp³-hybridized carbons (Fsp3) is 0.417. The summed E-state index contributed by atoms with van der Waals surface area (Å²) in [6, 6.07) is 1.83. The molecule has 86 valence electrons. The van der Waals surface area contributed by atoms with Crippen LogP contribution in [0.4, 0.5) is 0 Å². The first kappa shape index (κ1) is 11.0. The van der Waals surface area contributed by atoms with E-state index in [1.54, 1.807) is 27.2 Å². The minimum atomic E-state index is -0.934. The van der Waals surface area contributed by atoms with Crippen molar-refractivity contribution in [1.29, 1.82) is 0 Å². The number of hydrogen-bond acceptors (Lipinski definition) is 3. The Hall–Kier alpha value is -1.55. The van der Waals surface area contributed by atoms with Crippen molar-refractivity contribution in [1.82, 2.24) is 9.38 Å². The van der Waals surface area contributed by atoms with E-state index in [2.05, 4.69) is 4.98 Å². The van der Waals surface area contributed by atoms with Gasteiger partial charge in [0.25, 0.3) is 0 Å². The highest BCUT2D eigenvalue weighted by Gasteiger charge is 2.22. The van der Waals surface area contributed by atoms with Gasteiger partial charge in [-0.25, -0.2) is 4.98 Å². The Labute approximate surface area is 94.5 Å². The Kier molecular flexibility index (Phi) is 2.39.